The maximum Gasteiger partial charge on any atom is 0.339 e. The van der Waals surface area contributed by atoms with Crippen LogP contribution in [0.3, 0.4) is 0 Å². The first-order chi connectivity index (χ1) is 12.7. The van der Waals surface area contributed by atoms with E-state index in [2.05, 4.69) is 15.4 Å². The van der Waals surface area contributed by atoms with Crippen LogP contribution in [0.15, 0.2) is 67.3 Å². The molecule has 0 fully saturated rings. The molecular formula is C19H17N5O2. The fourth-order valence-electron chi connectivity index (χ4n) is 2.71. The molecule has 1 aromatic carbocycles. The number of rotatable bonds is 5. The van der Waals surface area contributed by atoms with Crippen LogP contribution in [0.1, 0.15) is 16.1 Å². The molecule has 0 aliphatic carbocycles. The van der Waals surface area contributed by atoms with Gasteiger partial charge >= 0.3 is 5.97 Å². The number of esters is 1. The Morgan fingerprint density at radius 3 is 2.73 bits per heavy atom. The van der Waals surface area contributed by atoms with Gasteiger partial charge in [-0.25, -0.2) is 14.5 Å². The number of methoxy groups -OCH3 is 1. The van der Waals surface area contributed by atoms with Crippen LogP contribution in [0.5, 0.6) is 0 Å². The molecule has 0 saturated carbocycles. The molecule has 0 atom stereocenters. The van der Waals surface area contributed by atoms with Gasteiger partial charge in [-0.15, -0.1) is 0 Å². The zero-order valence-electron chi connectivity index (χ0n) is 14.2. The molecule has 0 radical (unpaired) electrons. The van der Waals surface area contributed by atoms with Gasteiger partial charge in [0, 0.05) is 30.5 Å². The van der Waals surface area contributed by atoms with Crippen LogP contribution in [0.2, 0.25) is 0 Å². The number of hydrogen-bond acceptors (Lipinski definition) is 5. The summed E-state index contributed by atoms with van der Waals surface area (Å²) in [6, 6.07) is 13.4. The average Bonchev–Trinajstić information content (AvgIpc) is 3.35. The molecule has 0 aliphatic rings. The van der Waals surface area contributed by atoms with Gasteiger partial charge in [0.1, 0.15) is 5.65 Å². The van der Waals surface area contributed by atoms with Crippen molar-refractivity contribution in [3.05, 3.63) is 78.5 Å². The Morgan fingerprint density at radius 2 is 2.00 bits per heavy atom. The summed E-state index contributed by atoms with van der Waals surface area (Å²) in [5.74, 6) is -0.363. The maximum absolute atomic E-state index is 11.6. The van der Waals surface area contributed by atoms with Crippen LogP contribution in [0.4, 0.5) is 5.69 Å². The molecule has 0 bridgehead atoms. The highest BCUT2D eigenvalue weighted by atomic mass is 16.5. The van der Waals surface area contributed by atoms with E-state index in [1.807, 2.05) is 51.8 Å². The van der Waals surface area contributed by atoms with Crippen molar-refractivity contribution in [2.75, 3.05) is 12.4 Å². The Hall–Kier alpha value is -3.61. The first-order valence-corrected chi connectivity index (χ1v) is 8.13. The molecule has 0 amide bonds. The van der Waals surface area contributed by atoms with E-state index in [-0.39, 0.29) is 5.97 Å². The predicted molar refractivity (Wildman–Crippen MR) is 97.4 cm³/mol. The molecule has 7 nitrogen and oxygen atoms in total. The third-order valence-corrected chi connectivity index (χ3v) is 4.03. The van der Waals surface area contributed by atoms with E-state index in [0.717, 1.165) is 22.7 Å². The minimum Gasteiger partial charge on any atom is -0.465 e. The second-order valence-corrected chi connectivity index (χ2v) is 5.76. The van der Waals surface area contributed by atoms with E-state index >= 15 is 0 Å². The smallest absolute Gasteiger partial charge is 0.339 e. The van der Waals surface area contributed by atoms with Gasteiger partial charge in [0.2, 0.25) is 0 Å². The van der Waals surface area contributed by atoms with Gasteiger partial charge in [-0.1, -0.05) is 0 Å². The number of anilines is 1. The Kier molecular flexibility index (Phi) is 4.10. The summed E-state index contributed by atoms with van der Waals surface area (Å²) in [7, 11) is 1.37. The molecule has 0 aliphatic heterocycles. The average molecular weight is 347 g/mol. The number of imidazole rings is 1. The van der Waals surface area contributed by atoms with Crippen LogP contribution in [-0.4, -0.2) is 32.2 Å². The number of carbonyl (C=O) groups is 1. The zero-order chi connectivity index (χ0) is 17.9. The van der Waals surface area contributed by atoms with E-state index in [1.54, 1.807) is 24.5 Å². The molecule has 4 aromatic rings. The van der Waals surface area contributed by atoms with E-state index in [9.17, 15) is 4.79 Å². The third kappa shape index (κ3) is 3.14. The first-order valence-electron chi connectivity index (χ1n) is 8.13. The summed E-state index contributed by atoms with van der Waals surface area (Å²) >= 11 is 0. The normalized spacial score (nSPS) is 10.8. The highest BCUT2D eigenvalue weighted by Gasteiger charge is 2.08. The Labute approximate surface area is 149 Å². The van der Waals surface area contributed by atoms with Gasteiger partial charge in [0.25, 0.3) is 0 Å². The Morgan fingerprint density at radius 1 is 1.15 bits per heavy atom. The summed E-state index contributed by atoms with van der Waals surface area (Å²) in [6.07, 6.45) is 7.27. The lowest BCUT2D eigenvalue weighted by Crippen LogP contribution is -2.02. The van der Waals surface area contributed by atoms with Crippen molar-refractivity contribution in [1.29, 1.82) is 0 Å². The van der Waals surface area contributed by atoms with E-state index < -0.39 is 0 Å². The number of pyridine rings is 1. The summed E-state index contributed by atoms with van der Waals surface area (Å²) in [4.78, 5) is 16.2. The largest absolute Gasteiger partial charge is 0.465 e. The fourth-order valence-corrected chi connectivity index (χ4v) is 2.71. The minimum atomic E-state index is -0.363. The zero-order valence-corrected chi connectivity index (χ0v) is 14.2. The Balaban J connectivity index is 1.46. The number of ether oxygens (including phenoxy) is 1. The summed E-state index contributed by atoms with van der Waals surface area (Å²) in [5.41, 5.74) is 4.15. The molecule has 0 spiro atoms. The van der Waals surface area contributed by atoms with Gasteiger partial charge < -0.3 is 14.5 Å². The molecule has 0 unspecified atom stereocenters. The molecule has 130 valence electrons. The van der Waals surface area contributed by atoms with Crippen LogP contribution in [0.25, 0.3) is 11.3 Å². The monoisotopic (exact) mass is 347 g/mol. The van der Waals surface area contributed by atoms with E-state index in [4.69, 9.17) is 4.74 Å². The summed E-state index contributed by atoms with van der Waals surface area (Å²) in [6.45, 7) is 0.580. The highest BCUT2D eigenvalue weighted by Crippen LogP contribution is 2.14. The number of benzene rings is 1. The van der Waals surface area contributed by atoms with Crippen molar-refractivity contribution in [2.45, 2.75) is 6.54 Å². The van der Waals surface area contributed by atoms with Gasteiger partial charge in [0.05, 0.1) is 30.6 Å². The maximum atomic E-state index is 11.6. The van der Waals surface area contributed by atoms with Crippen molar-refractivity contribution in [2.24, 2.45) is 0 Å². The number of fused-ring (bicyclic) bond motifs is 1. The van der Waals surface area contributed by atoms with Crippen molar-refractivity contribution in [3.63, 3.8) is 0 Å². The topological polar surface area (TPSA) is 73.4 Å². The number of nitrogens with one attached hydrogen (secondary N) is 1. The van der Waals surface area contributed by atoms with Gasteiger partial charge in [0.15, 0.2) is 0 Å². The Bertz CT molecular complexity index is 1040. The summed E-state index contributed by atoms with van der Waals surface area (Å²) < 4.78 is 8.38. The molecule has 26 heavy (non-hydrogen) atoms. The van der Waals surface area contributed by atoms with Crippen LogP contribution < -0.4 is 5.32 Å². The minimum absolute atomic E-state index is 0.363. The highest BCUT2D eigenvalue weighted by molar-refractivity contribution is 5.89. The fraction of sp³-hybridized carbons (Fsp3) is 0.105. The molecule has 1 N–H and O–H groups in total. The predicted octanol–water partition coefficient (Wildman–Crippen LogP) is 2.92. The van der Waals surface area contributed by atoms with Gasteiger partial charge in [-0.05, 0) is 42.5 Å². The van der Waals surface area contributed by atoms with Crippen LogP contribution in [-0.2, 0) is 11.3 Å². The van der Waals surface area contributed by atoms with Crippen molar-refractivity contribution in [1.82, 2.24) is 19.2 Å². The molecule has 4 rings (SSSR count). The molecule has 3 heterocycles. The van der Waals surface area contributed by atoms with Crippen LogP contribution >= 0.6 is 0 Å². The second-order valence-electron chi connectivity index (χ2n) is 5.76. The molecule has 0 saturated heterocycles. The number of hydrogen-bond donors (Lipinski definition) is 1. The van der Waals surface area contributed by atoms with Gasteiger partial charge in [-0.2, -0.15) is 5.10 Å². The SMILES string of the molecule is COC(=O)c1ccc2nc(CNc3ccc(-n4cccn4)cc3)cn2c1. The molecule has 7 heteroatoms. The summed E-state index contributed by atoms with van der Waals surface area (Å²) in [5, 5.41) is 7.56. The first kappa shape index (κ1) is 15.9. The lowest BCUT2D eigenvalue weighted by molar-refractivity contribution is 0.0600. The van der Waals surface area contributed by atoms with Gasteiger partial charge in [-0.3, -0.25) is 0 Å². The lowest BCUT2D eigenvalue weighted by Gasteiger charge is -2.06. The van der Waals surface area contributed by atoms with Crippen molar-refractivity contribution in [3.8, 4) is 5.69 Å². The van der Waals surface area contributed by atoms with E-state index in [0.29, 0.717) is 12.1 Å². The van der Waals surface area contributed by atoms with Crippen LogP contribution in [0, 0.1) is 0 Å². The second kappa shape index (κ2) is 6.72. The quantitative estimate of drug-likeness (QED) is 0.562. The molecule has 3 aromatic heterocycles. The van der Waals surface area contributed by atoms with Crippen molar-refractivity contribution >= 4 is 17.3 Å². The number of carbonyl (C=O) groups excluding carboxylic acids is 1. The lowest BCUT2D eigenvalue weighted by atomic mass is 10.3. The standard InChI is InChI=1S/C19H17N5O2/c1-26-19(25)14-3-8-18-22-16(13-23(18)12-14)11-20-15-4-6-17(7-5-15)24-10-2-9-21-24/h2-10,12-13,20H,11H2,1H3. The number of aromatic nitrogens is 4. The third-order valence-electron chi connectivity index (χ3n) is 4.03. The number of nitrogens with zero attached hydrogens (tertiary/aromatic N) is 4. The van der Waals surface area contributed by atoms with E-state index in [1.165, 1.54) is 7.11 Å². The molecular weight excluding hydrogens is 330 g/mol. The van der Waals surface area contributed by atoms with Crippen molar-refractivity contribution < 1.29 is 9.53 Å².